The van der Waals surface area contributed by atoms with E-state index in [4.69, 9.17) is 0 Å². The number of rotatable bonds is 7. The minimum atomic E-state index is 0. The highest BCUT2D eigenvalue weighted by Crippen LogP contribution is 2.44. The third kappa shape index (κ3) is 5.55. The molecule has 2 bridgehead atoms. The minimum Gasteiger partial charge on any atom is -1.00 e. The fourth-order valence-corrected chi connectivity index (χ4v) is 6.72. The predicted molar refractivity (Wildman–Crippen MR) is 143 cm³/mol. The van der Waals surface area contributed by atoms with Crippen LogP contribution in [0.1, 0.15) is 55.2 Å². The maximum absolute atomic E-state index is 10.7. The van der Waals surface area contributed by atoms with Crippen LogP contribution in [0, 0.1) is 5.92 Å². The molecule has 2 saturated heterocycles. The van der Waals surface area contributed by atoms with Crippen molar-refractivity contribution in [3.8, 4) is 11.5 Å². The molecule has 5 rings (SSSR count). The van der Waals surface area contributed by atoms with Crippen molar-refractivity contribution in [2.24, 2.45) is 5.92 Å². The van der Waals surface area contributed by atoms with E-state index in [0.717, 1.165) is 23.1 Å². The average Bonchev–Trinajstić information content (AvgIpc) is 2.85. The Bertz CT molecular complexity index is 1110. The fraction of sp³-hybridized carbons (Fsp3) is 0.375. The van der Waals surface area contributed by atoms with Gasteiger partial charge in [0.05, 0.1) is 25.7 Å². The number of halogens is 1. The predicted octanol–water partition coefficient (Wildman–Crippen LogP) is 3.94. The van der Waals surface area contributed by atoms with Gasteiger partial charge in [0.2, 0.25) is 0 Å². The van der Waals surface area contributed by atoms with Crippen molar-refractivity contribution in [2.75, 3.05) is 13.6 Å². The Morgan fingerprint density at radius 2 is 1.33 bits per heavy atom. The molecule has 3 aromatic carbocycles. The fourth-order valence-electron chi connectivity index (χ4n) is 6.72. The first-order chi connectivity index (χ1) is 17.0. The molecular weight excluding hydrogens is 510 g/mol. The molecule has 2 heterocycles. The van der Waals surface area contributed by atoms with Gasteiger partial charge in [0, 0.05) is 30.4 Å². The number of benzene rings is 3. The van der Waals surface area contributed by atoms with Crippen molar-refractivity contribution < 1.29 is 31.7 Å². The zero-order valence-corrected chi connectivity index (χ0v) is 22.8. The van der Waals surface area contributed by atoms with E-state index >= 15 is 0 Å². The molecule has 0 saturated carbocycles. The van der Waals surface area contributed by atoms with Crippen molar-refractivity contribution in [3.63, 3.8) is 0 Å². The van der Waals surface area contributed by atoms with E-state index in [0.29, 0.717) is 18.0 Å². The Kier molecular flexibility index (Phi) is 8.58. The zero-order chi connectivity index (χ0) is 24.3. The number of hydrogen-bond acceptors (Lipinski definition) is 2. The molecular formula is C32H38BrNO2. The smallest absolute Gasteiger partial charge is 0.123 e. The number of para-hydroxylation sites is 2. The van der Waals surface area contributed by atoms with Crippen LogP contribution in [0.3, 0.4) is 0 Å². The van der Waals surface area contributed by atoms with Crippen molar-refractivity contribution in [1.82, 2.24) is 0 Å². The molecule has 4 heteroatoms. The first-order valence-corrected chi connectivity index (χ1v) is 13.2. The Labute approximate surface area is 226 Å². The van der Waals surface area contributed by atoms with Gasteiger partial charge >= 0.3 is 0 Å². The summed E-state index contributed by atoms with van der Waals surface area (Å²) in [6.07, 6.45) is 11.0. The molecule has 0 aromatic heterocycles. The van der Waals surface area contributed by atoms with Gasteiger partial charge in [-0.25, -0.2) is 0 Å². The summed E-state index contributed by atoms with van der Waals surface area (Å²) in [5.41, 5.74) is 3.98. The van der Waals surface area contributed by atoms with Gasteiger partial charge in [-0.2, -0.15) is 0 Å². The van der Waals surface area contributed by atoms with Crippen LogP contribution in [-0.4, -0.2) is 40.4 Å². The number of phenols is 2. The summed E-state index contributed by atoms with van der Waals surface area (Å²) >= 11 is 0. The Morgan fingerprint density at radius 1 is 0.806 bits per heavy atom. The first-order valence-electron chi connectivity index (χ1n) is 13.2. The summed E-state index contributed by atoms with van der Waals surface area (Å²) in [6.45, 7) is 1.24. The lowest BCUT2D eigenvalue weighted by molar-refractivity contribution is -0.967. The topological polar surface area (TPSA) is 40.5 Å². The van der Waals surface area contributed by atoms with Crippen molar-refractivity contribution in [3.05, 3.63) is 102 Å². The van der Waals surface area contributed by atoms with Gasteiger partial charge < -0.3 is 31.7 Å². The summed E-state index contributed by atoms with van der Waals surface area (Å²) in [5, 5.41) is 21.3. The Morgan fingerprint density at radius 3 is 1.89 bits per heavy atom. The van der Waals surface area contributed by atoms with Crippen LogP contribution in [0.15, 0.2) is 84.9 Å². The third-order valence-electron chi connectivity index (χ3n) is 8.63. The zero-order valence-electron chi connectivity index (χ0n) is 21.2. The molecule has 0 aliphatic carbocycles. The van der Waals surface area contributed by atoms with Gasteiger partial charge in [0.25, 0.3) is 0 Å². The van der Waals surface area contributed by atoms with E-state index in [1.165, 1.54) is 55.1 Å². The molecule has 3 nitrogen and oxygen atoms in total. The molecule has 0 radical (unpaired) electrons. The Hall–Kier alpha value is -2.56. The highest BCUT2D eigenvalue weighted by molar-refractivity contribution is 5.85. The molecule has 2 unspecified atom stereocenters. The SMILES string of the molecule is C[N+]1(CCCc2ccccc2)[C@@H]2CCC[C@H]1CC(C=C(c1ccccc1O)c1ccccc1O)C2.[Br-]. The second kappa shape index (κ2) is 11.7. The first kappa shape index (κ1) is 26.5. The van der Waals surface area contributed by atoms with E-state index in [2.05, 4.69) is 43.5 Å². The van der Waals surface area contributed by atoms with Gasteiger partial charge in [0.15, 0.2) is 0 Å². The quantitative estimate of drug-likeness (QED) is 0.440. The molecule has 3 aromatic rings. The van der Waals surface area contributed by atoms with E-state index in [9.17, 15) is 10.2 Å². The number of aromatic hydroxyl groups is 2. The maximum atomic E-state index is 10.7. The number of aryl methyl sites for hydroxylation is 1. The van der Waals surface area contributed by atoms with Crippen LogP contribution in [0.5, 0.6) is 11.5 Å². The number of allylic oxidation sites excluding steroid dienone is 1. The molecule has 2 N–H and O–H groups in total. The van der Waals surface area contributed by atoms with Gasteiger partial charge in [-0.05, 0) is 54.9 Å². The minimum absolute atomic E-state index is 0. The summed E-state index contributed by atoms with van der Waals surface area (Å²) in [5.74, 6) is 0.971. The van der Waals surface area contributed by atoms with Crippen molar-refractivity contribution in [1.29, 1.82) is 0 Å². The van der Waals surface area contributed by atoms with Gasteiger partial charge in [0.1, 0.15) is 11.5 Å². The van der Waals surface area contributed by atoms with Crippen LogP contribution in [0.4, 0.5) is 0 Å². The molecule has 2 aliphatic heterocycles. The van der Waals surface area contributed by atoms with E-state index in [1.54, 1.807) is 12.1 Å². The number of piperidine rings is 2. The average molecular weight is 549 g/mol. The highest BCUT2D eigenvalue weighted by Gasteiger charge is 2.47. The largest absolute Gasteiger partial charge is 1.00 e. The van der Waals surface area contributed by atoms with Gasteiger partial charge in [-0.3, -0.25) is 0 Å². The standard InChI is InChI=1S/C32H37NO2.BrH/c1-33(20-10-13-24-11-3-2-4-12-24)26-14-9-15-27(33)22-25(21-26)23-30(28-16-5-7-18-31(28)34)29-17-6-8-19-32(29)35;/h2-8,11-12,16-19,23,25-27H,9-10,13-15,20-22H2,1H3,(H-,34,35);1H/t25?,26-,27+,33?;. The lowest BCUT2D eigenvalue weighted by Gasteiger charge is -2.55. The molecule has 2 fully saturated rings. The molecule has 4 atom stereocenters. The number of hydrogen-bond donors (Lipinski definition) is 2. The van der Waals surface area contributed by atoms with Crippen LogP contribution < -0.4 is 17.0 Å². The van der Waals surface area contributed by atoms with Gasteiger partial charge in [-0.1, -0.05) is 72.8 Å². The highest BCUT2D eigenvalue weighted by atomic mass is 79.9. The Balaban J connectivity index is 0.00000304. The number of quaternary nitrogens is 1. The van der Waals surface area contributed by atoms with E-state index in [1.807, 2.05) is 36.4 Å². The molecule has 36 heavy (non-hydrogen) atoms. The van der Waals surface area contributed by atoms with E-state index in [-0.39, 0.29) is 28.5 Å². The second-order valence-electron chi connectivity index (χ2n) is 10.7. The maximum Gasteiger partial charge on any atom is 0.123 e. The summed E-state index contributed by atoms with van der Waals surface area (Å²) in [6, 6.07) is 27.2. The lowest BCUT2D eigenvalue weighted by atomic mass is 9.75. The molecule has 0 amide bonds. The van der Waals surface area contributed by atoms with Gasteiger partial charge in [-0.15, -0.1) is 0 Å². The molecule has 2 aliphatic rings. The van der Waals surface area contributed by atoms with E-state index < -0.39 is 0 Å². The monoisotopic (exact) mass is 547 g/mol. The second-order valence-corrected chi connectivity index (χ2v) is 10.7. The normalized spacial score (nSPS) is 25.0. The van der Waals surface area contributed by atoms with Crippen LogP contribution >= 0.6 is 0 Å². The van der Waals surface area contributed by atoms with Crippen molar-refractivity contribution in [2.45, 2.75) is 57.0 Å². The van der Waals surface area contributed by atoms with Crippen molar-refractivity contribution >= 4 is 5.57 Å². The van der Waals surface area contributed by atoms with Crippen LogP contribution in [0.2, 0.25) is 0 Å². The van der Waals surface area contributed by atoms with Crippen LogP contribution in [0.25, 0.3) is 5.57 Å². The molecule has 190 valence electrons. The number of nitrogens with zero attached hydrogens (tertiary/aromatic N) is 1. The molecule has 0 spiro atoms. The third-order valence-corrected chi connectivity index (χ3v) is 8.63. The van der Waals surface area contributed by atoms with Crippen LogP contribution in [-0.2, 0) is 6.42 Å². The number of fused-ring (bicyclic) bond motifs is 2. The number of phenolic OH excluding ortho intramolecular Hbond substituents is 2. The lowest BCUT2D eigenvalue weighted by Crippen LogP contribution is -3.00. The summed E-state index contributed by atoms with van der Waals surface area (Å²) in [7, 11) is 2.51. The summed E-state index contributed by atoms with van der Waals surface area (Å²) in [4.78, 5) is 0. The summed E-state index contributed by atoms with van der Waals surface area (Å²) < 4.78 is 1.21.